The molecule has 1 amide bonds. The minimum Gasteiger partial charge on any atom is -0.494 e. The molecule has 35 heavy (non-hydrogen) atoms. The van der Waals surface area contributed by atoms with Gasteiger partial charge in [-0.3, -0.25) is 9.63 Å². The molecule has 3 rings (SSSR count). The average molecular weight is 484 g/mol. The van der Waals surface area contributed by atoms with E-state index in [1.807, 2.05) is 54.6 Å². The van der Waals surface area contributed by atoms with Crippen LogP contribution in [0.15, 0.2) is 54.6 Å². The molecule has 2 aromatic carbocycles. The Morgan fingerprint density at radius 1 is 1.09 bits per heavy atom. The molecule has 1 saturated heterocycles. The van der Waals surface area contributed by atoms with Gasteiger partial charge in [0.25, 0.3) is 0 Å². The quantitative estimate of drug-likeness (QED) is 0.242. The van der Waals surface area contributed by atoms with E-state index in [0.717, 1.165) is 54.4 Å². The maximum absolute atomic E-state index is 11.8. The fraction of sp³-hybridized carbons (Fsp3) is 0.481. The van der Waals surface area contributed by atoms with E-state index in [4.69, 9.17) is 9.57 Å². The van der Waals surface area contributed by atoms with Crippen LogP contribution in [0.3, 0.4) is 0 Å². The number of nitrogens with zero attached hydrogens (tertiary/aromatic N) is 2. The van der Waals surface area contributed by atoms with Gasteiger partial charge in [0.1, 0.15) is 12.4 Å². The van der Waals surface area contributed by atoms with Gasteiger partial charge in [0.2, 0.25) is 6.41 Å². The first kappa shape index (κ1) is 26.7. The van der Waals surface area contributed by atoms with E-state index in [1.54, 1.807) is 0 Å². The van der Waals surface area contributed by atoms with E-state index in [-0.39, 0.29) is 13.0 Å². The second-order valence-electron chi connectivity index (χ2n) is 9.21. The lowest BCUT2D eigenvalue weighted by Crippen LogP contribution is -2.54. The highest BCUT2D eigenvalue weighted by Gasteiger charge is 2.26. The number of aliphatic carboxylic acids is 1. The lowest BCUT2D eigenvalue weighted by Gasteiger charge is -2.36. The zero-order valence-corrected chi connectivity index (χ0v) is 20.6. The molecule has 3 atom stereocenters. The van der Waals surface area contributed by atoms with E-state index < -0.39 is 12.0 Å². The molecular weight excluding hydrogens is 446 g/mol. The minimum absolute atomic E-state index is 0.114. The number of amides is 1. The summed E-state index contributed by atoms with van der Waals surface area (Å²) in [6.45, 7) is 8.45. The number of ether oxygens (including phenoxy) is 1. The standard InChI is InChI=1S/C27H37N3O5/c1-21-17-29(18-22(2)28-21)14-6-7-15-34-25-12-10-23(11-13-25)16-26(27(32)33)30(20-31)35-19-24-8-4-3-5-9-24/h3-5,8-13,20-22,26,28H,6-7,14-19H2,1-2H3,(H,32,33). The van der Waals surface area contributed by atoms with Crippen LogP contribution in [0.1, 0.15) is 37.8 Å². The molecule has 0 radical (unpaired) electrons. The summed E-state index contributed by atoms with van der Waals surface area (Å²) in [4.78, 5) is 31.3. The van der Waals surface area contributed by atoms with E-state index >= 15 is 0 Å². The van der Waals surface area contributed by atoms with Crippen LogP contribution >= 0.6 is 0 Å². The average Bonchev–Trinajstić information content (AvgIpc) is 2.84. The first-order valence-electron chi connectivity index (χ1n) is 12.3. The van der Waals surface area contributed by atoms with Crippen molar-refractivity contribution in [3.63, 3.8) is 0 Å². The summed E-state index contributed by atoms with van der Waals surface area (Å²) < 4.78 is 5.86. The molecule has 8 nitrogen and oxygen atoms in total. The van der Waals surface area contributed by atoms with Gasteiger partial charge in [-0.25, -0.2) is 9.86 Å². The maximum Gasteiger partial charge on any atom is 0.329 e. The summed E-state index contributed by atoms with van der Waals surface area (Å²) in [5, 5.41) is 14.1. The molecule has 1 aliphatic rings. The highest BCUT2D eigenvalue weighted by Crippen LogP contribution is 2.17. The fourth-order valence-electron chi connectivity index (χ4n) is 4.40. The van der Waals surface area contributed by atoms with E-state index in [0.29, 0.717) is 25.1 Å². The van der Waals surface area contributed by atoms with Crippen molar-refractivity contribution >= 4 is 12.4 Å². The number of carbonyl (C=O) groups excluding carboxylic acids is 1. The number of carboxylic acid groups (broad SMARTS) is 1. The van der Waals surface area contributed by atoms with Crippen molar-refractivity contribution in [2.24, 2.45) is 0 Å². The third-order valence-corrected chi connectivity index (χ3v) is 6.04. The lowest BCUT2D eigenvalue weighted by molar-refractivity contribution is -0.200. The second kappa shape index (κ2) is 13.8. The molecule has 0 saturated carbocycles. The molecule has 0 aliphatic carbocycles. The molecule has 0 spiro atoms. The molecule has 2 aromatic rings. The van der Waals surface area contributed by atoms with Gasteiger partial charge in [-0.05, 0) is 56.5 Å². The molecule has 1 fully saturated rings. The number of carboxylic acids is 1. The molecule has 0 aromatic heterocycles. The van der Waals surface area contributed by atoms with Crippen LogP contribution in [0.5, 0.6) is 5.75 Å². The molecule has 0 bridgehead atoms. The topological polar surface area (TPSA) is 91.3 Å². The van der Waals surface area contributed by atoms with Gasteiger partial charge in [0.05, 0.1) is 6.61 Å². The number of hydroxylamine groups is 2. The van der Waals surface area contributed by atoms with Gasteiger partial charge in [0.15, 0.2) is 6.04 Å². The Balaban J connectivity index is 1.42. The summed E-state index contributed by atoms with van der Waals surface area (Å²) >= 11 is 0. The highest BCUT2D eigenvalue weighted by atomic mass is 16.7. The summed E-state index contributed by atoms with van der Waals surface area (Å²) in [7, 11) is 0. The van der Waals surface area contributed by atoms with Crippen molar-refractivity contribution in [2.45, 2.75) is 57.8 Å². The van der Waals surface area contributed by atoms with Crippen LogP contribution in [-0.4, -0.2) is 71.8 Å². The summed E-state index contributed by atoms with van der Waals surface area (Å²) in [6.07, 6.45) is 2.61. The van der Waals surface area contributed by atoms with Gasteiger partial charge in [-0.15, -0.1) is 0 Å². The lowest BCUT2D eigenvalue weighted by atomic mass is 10.1. The van der Waals surface area contributed by atoms with Crippen molar-refractivity contribution in [2.75, 3.05) is 26.2 Å². The van der Waals surface area contributed by atoms with E-state index in [1.165, 1.54) is 0 Å². The van der Waals surface area contributed by atoms with Crippen molar-refractivity contribution in [1.82, 2.24) is 15.3 Å². The number of hydrogen-bond donors (Lipinski definition) is 2. The summed E-state index contributed by atoms with van der Waals surface area (Å²) in [5.41, 5.74) is 1.63. The van der Waals surface area contributed by atoms with Crippen molar-refractivity contribution in [3.05, 3.63) is 65.7 Å². The first-order valence-corrected chi connectivity index (χ1v) is 12.3. The first-order chi connectivity index (χ1) is 16.9. The predicted octanol–water partition coefficient (Wildman–Crippen LogP) is 3.11. The van der Waals surface area contributed by atoms with Crippen LogP contribution in [0.4, 0.5) is 0 Å². The monoisotopic (exact) mass is 483 g/mol. The Labute approximate surface area is 207 Å². The van der Waals surface area contributed by atoms with Crippen LogP contribution in [0.25, 0.3) is 0 Å². The zero-order chi connectivity index (χ0) is 25.0. The minimum atomic E-state index is -1.13. The Bertz CT molecular complexity index is 899. The number of piperazine rings is 1. The smallest absolute Gasteiger partial charge is 0.329 e. The third kappa shape index (κ3) is 8.98. The molecule has 2 N–H and O–H groups in total. The number of carbonyl (C=O) groups is 2. The van der Waals surface area contributed by atoms with Gasteiger partial charge < -0.3 is 20.1 Å². The normalized spacial score (nSPS) is 19.1. The summed E-state index contributed by atoms with van der Waals surface area (Å²) in [5.74, 6) is -0.378. The van der Waals surface area contributed by atoms with Crippen LogP contribution in [0.2, 0.25) is 0 Å². The number of unbranched alkanes of at least 4 members (excludes halogenated alkanes) is 1. The second-order valence-corrected chi connectivity index (χ2v) is 9.21. The van der Waals surface area contributed by atoms with Gasteiger partial charge >= 0.3 is 5.97 Å². The Morgan fingerprint density at radius 2 is 1.77 bits per heavy atom. The number of hydrogen-bond acceptors (Lipinski definition) is 6. The van der Waals surface area contributed by atoms with E-state index in [2.05, 4.69) is 24.1 Å². The third-order valence-electron chi connectivity index (χ3n) is 6.04. The molecule has 190 valence electrons. The van der Waals surface area contributed by atoms with Crippen molar-refractivity contribution < 1.29 is 24.3 Å². The molecule has 1 aliphatic heterocycles. The predicted molar refractivity (Wildman–Crippen MR) is 134 cm³/mol. The SMILES string of the molecule is CC1CN(CCCCOc2ccc(CC(C(=O)O)N(C=O)OCc3ccccc3)cc2)CC(C)N1. The molecular formula is C27H37N3O5. The van der Waals surface area contributed by atoms with Gasteiger partial charge in [-0.1, -0.05) is 42.5 Å². The number of benzene rings is 2. The van der Waals surface area contributed by atoms with Crippen molar-refractivity contribution in [1.29, 1.82) is 0 Å². The number of nitrogens with one attached hydrogen (secondary N) is 1. The maximum atomic E-state index is 11.8. The van der Waals surface area contributed by atoms with Crippen LogP contribution < -0.4 is 10.1 Å². The van der Waals surface area contributed by atoms with Crippen molar-refractivity contribution in [3.8, 4) is 5.75 Å². The Hall–Kier alpha value is -2.94. The Kier molecular flexibility index (Phi) is 10.5. The Morgan fingerprint density at radius 3 is 2.40 bits per heavy atom. The van der Waals surface area contributed by atoms with Crippen LogP contribution in [-0.2, 0) is 27.5 Å². The van der Waals surface area contributed by atoms with Gasteiger partial charge in [-0.2, -0.15) is 0 Å². The fourth-order valence-corrected chi connectivity index (χ4v) is 4.40. The van der Waals surface area contributed by atoms with E-state index in [9.17, 15) is 14.7 Å². The zero-order valence-electron chi connectivity index (χ0n) is 20.6. The van der Waals surface area contributed by atoms with Crippen LogP contribution in [0, 0.1) is 0 Å². The molecule has 1 heterocycles. The molecule has 3 unspecified atom stereocenters. The van der Waals surface area contributed by atoms with Gasteiger partial charge in [0, 0.05) is 31.6 Å². The summed E-state index contributed by atoms with van der Waals surface area (Å²) in [6, 6.07) is 16.6. The highest BCUT2D eigenvalue weighted by molar-refractivity contribution is 5.76. The number of rotatable bonds is 14. The largest absolute Gasteiger partial charge is 0.494 e. The molecule has 8 heteroatoms.